The summed E-state index contributed by atoms with van der Waals surface area (Å²) in [5, 5.41) is 0. The van der Waals surface area contributed by atoms with Crippen LogP contribution in [-0.2, 0) is 16.8 Å². The van der Waals surface area contributed by atoms with E-state index in [0.29, 0.717) is 12.8 Å². The molecule has 0 aliphatic heterocycles. The number of nitrogens with zero attached hydrogens (tertiary/aromatic N) is 4. The molecule has 0 aliphatic rings. The van der Waals surface area contributed by atoms with Crippen LogP contribution in [0, 0.1) is 13.8 Å². The molecule has 2 aromatic heterocycles. The molecule has 2 aromatic rings. The predicted octanol–water partition coefficient (Wildman–Crippen LogP) is 3.59. The molecule has 0 fully saturated rings. The van der Waals surface area contributed by atoms with Gasteiger partial charge in [-0.1, -0.05) is 13.2 Å². The normalized spacial score (nSPS) is 8.45. The molecule has 0 spiro atoms. The van der Waals surface area contributed by atoms with E-state index in [4.69, 9.17) is 19.2 Å². The number of aromatic nitrogens is 4. The van der Waals surface area contributed by atoms with Crippen LogP contribution in [0.5, 0.6) is 0 Å². The molecule has 0 atom stereocenters. The largest absolute Gasteiger partial charge is 0.311 e. The number of carbonyl (C=O) groups excluding carboxylic acids is 4. The van der Waals surface area contributed by atoms with Crippen molar-refractivity contribution in [2.75, 3.05) is 0 Å². The van der Waals surface area contributed by atoms with E-state index in [2.05, 4.69) is 23.1 Å². The van der Waals surface area contributed by atoms with Crippen molar-refractivity contribution in [3.63, 3.8) is 0 Å². The van der Waals surface area contributed by atoms with E-state index in [1.54, 1.807) is 52.5 Å². The number of hydrogen-bond donors (Lipinski definition) is 0. The first-order valence-corrected chi connectivity index (χ1v) is 9.24. The Balaban J connectivity index is -0.000000335. The van der Waals surface area contributed by atoms with Gasteiger partial charge in [0.05, 0.1) is 0 Å². The standard InChI is InChI=1S/2C6H8N2.2C5H8O2.Co/c2*1-3-8-5-4-7-6(8)2;2*1-4(6)3-5(2)7;/h2*3-5H,1H2,2H3;2*3H2,1-2H3;/p+4. The molecule has 0 aliphatic carbocycles. The molecule has 0 saturated carbocycles. The molecule has 0 saturated heterocycles. The van der Waals surface area contributed by atoms with Crippen molar-refractivity contribution in [2.45, 2.75) is 54.4 Å². The molecular weight excluding hydrogens is 443 g/mol. The Morgan fingerprint density at radius 3 is 1.06 bits per heavy atom. The molecule has 0 unspecified atom stereocenters. The molecule has 173 valence electrons. The fraction of sp³-hybridized carbons (Fsp3) is 0.364. The van der Waals surface area contributed by atoms with Crippen LogP contribution in [0.25, 0.3) is 12.4 Å². The minimum absolute atomic E-state index is 0. The van der Waals surface area contributed by atoms with Gasteiger partial charge in [-0.25, -0.2) is 9.97 Å². The van der Waals surface area contributed by atoms with E-state index in [1.807, 2.05) is 35.4 Å². The van der Waals surface area contributed by atoms with Crippen LogP contribution in [0.1, 0.15) is 52.2 Å². The Morgan fingerprint density at radius 2 is 1.00 bits per heavy atom. The summed E-state index contributed by atoms with van der Waals surface area (Å²) < 4.78 is 3.72. The topological polar surface area (TPSA) is 121 Å². The van der Waals surface area contributed by atoms with Crippen molar-refractivity contribution in [1.82, 2.24) is 19.1 Å². The van der Waals surface area contributed by atoms with E-state index < -0.39 is 0 Å². The molecule has 0 aromatic carbocycles. The number of ketones is 4. The first kappa shape index (κ1) is 32.7. The Morgan fingerprint density at radius 1 is 0.742 bits per heavy atom. The van der Waals surface area contributed by atoms with Gasteiger partial charge >= 0.3 is 23.1 Å². The van der Waals surface area contributed by atoms with Crippen LogP contribution in [0.2, 0.25) is 0 Å². The summed E-state index contributed by atoms with van der Waals surface area (Å²) in [6.07, 6.45) is 11.3. The van der Waals surface area contributed by atoms with Gasteiger partial charge in [-0.15, -0.1) is 0 Å². The van der Waals surface area contributed by atoms with Gasteiger partial charge in [-0.3, -0.25) is 19.2 Å². The average molecular weight is 479 g/mol. The second-order valence-electron chi connectivity index (χ2n) is 6.42. The maximum atomic E-state index is 8.46. The van der Waals surface area contributed by atoms with Gasteiger partial charge in [0.25, 0.3) is 0 Å². The van der Waals surface area contributed by atoms with Crippen LogP contribution in [-0.4, -0.2) is 61.4 Å². The van der Waals surface area contributed by atoms with Gasteiger partial charge in [0.2, 0.25) is 0 Å². The molecule has 2 rings (SSSR count). The van der Waals surface area contributed by atoms with Crippen LogP contribution < -0.4 is 0 Å². The minimum atomic E-state index is 0. The maximum absolute atomic E-state index is 8.46. The van der Waals surface area contributed by atoms with E-state index >= 15 is 0 Å². The van der Waals surface area contributed by atoms with E-state index in [9.17, 15) is 0 Å². The monoisotopic (exact) mass is 479 g/mol. The quantitative estimate of drug-likeness (QED) is 0.464. The third-order valence-corrected chi connectivity index (χ3v) is 3.14. The average Bonchev–Trinajstić information content (AvgIpc) is 3.21. The maximum Gasteiger partial charge on any atom is 0.302 e. The van der Waals surface area contributed by atoms with Crippen molar-refractivity contribution in [3.8, 4) is 0 Å². The van der Waals surface area contributed by atoms with Crippen LogP contribution in [0.3, 0.4) is 0 Å². The summed E-state index contributed by atoms with van der Waals surface area (Å²) in [7, 11) is 0. The van der Waals surface area contributed by atoms with Crippen LogP contribution in [0.4, 0.5) is 0 Å². The second-order valence-corrected chi connectivity index (χ2v) is 6.42. The fourth-order valence-electron chi connectivity index (χ4n) is 1.90. The van der Waals surface area contributed by atoms with Gasteiger partial charge in [-0.05, 0) is 13.8 Å². The van der Waals surface area contributed by atoms with E-state index in [-0.39, 0.29) is 39.9 Å². The summed E-state index contributed by atoms with van der Waals surface area (Å²) in [5.74, 6) is 2.94. The molecule has 0 bridgehead atoms. The number of aryl methyl sites for hydroxylation is 2. The zero-order chi connectivity index (χ0) is 23.7. The summed E-state index contributed by atoms with van der Waals surface area (Å²) in [6, 6.07) is 0. The van der Waals surface area contributed by atoms with Gasteiger partial charge in [0.15, 0.2) is 12.8 Å². The minimum Gasteiger partial charge on any atom is -0.311 e. The number of rotatable bonds is 6. The Bertz CT molecular complexity index is 759. The Hall–Kier alpha value is -2.91. The molecule has 0 amide bonds. The fourth-order valence-corrected chi connectivity index (χ4v) is 1.90. The van der Waals surface area contributed by atoms with Crippen molar-refractivity contribution in [2.24, 2.45) is 0 Å². The third kappa shape index (κ3) is 20.1. The number of imidazole rings is 2. The van der Waals surface area contributed by atoms with Gasteiger partial charge in [0.1, 0.15) is 11.6 Å². The molecule has 8 nitrogen and oxygen atoms in total. The van der Waals surface area contributed by atoms with Crippen LogP contribution in [0.15, 0.2) is 37.9 Å². The van der Waals surface area contributed by atoms with Crippen molar-refractivity contribution in [3.05, 3.63) is 49.6 Å². The summed E-state index contributed by atoms with van der Waals surface area (Å²) in [6.45, 7) is 17.3. The molecule has 4 N–H and O–H groups in total. The van der Waals surface area contributed by atoms with Gasteiger partial charge < -0.3 is 9.13 Å². The SMILES string of the molecule is C=Cn1ccnc1C.C=Cn1ccnc1C.CC(=[OH+])CC(C)=[OH+].CC(=[OH+])CC(C)=[OH+].[Co]. The van der Waals surface area contributed by atoms with E-state index in [1.165, 1.54) is 0 Å². The molecule has 9 heteroatoms. The number of hydrogen-bond acceptors (Lipinski definition) is 2. The Labute approximate surface area is 194 Å². The van der Waals surface area contributed by atoms with Gasteiger partial charge in [-0.2, -0.15) is 0 Å². The summed E-state index contributed by atoms with van der Waals surface area (Å²) >= 11 is 0. The smallest absolute Gasteiger partial charge is 0.302 e. The molecular formula is C22H36CoN4O4+4. The van der Waals surface area contributed by atoms with Crippen LogP contribution >= 0.6 is 0 Å². The Kier molecular flexibility index (Phi) is 20.1. The second kappa shape index (κ2) is 19.1. The van der Waals surface area contributed by atoms with E-state index in [0.717, 1.165) is 11.6 Å². The molecule has 2 heterocycles. The molecule has 1 radical (unpaired) electrons. The first-order valence-electron chi connectivity index (χ1n) is 9.24. The predicted molar refractivity (Wildman–Crippen MR) is 126 cm³/mol. The molecule has 31 heavy (non-hydrogen) atoms. The third-order valence-electron chi connectivity index (χ3n) is 3.14. The summed E-state index contributed by atoms with van der Waals surface area (Å²) in [5.41, 5.74) is 0. The van der Waals surface area contributed by atoms with Crippen molar-refractivity contribution < 1.29 is 36.0 Å². The zero-order valence-electron chi connectivity index (χ0n) is 19.2. The van der Waals surface area contributed by atoms with Gasteiger partial charge in [0, 0.05) is 81.7 Å². The first-order chi connectivity index (χ1) is 13.9. The van der Waals surface area contributed by atoms with Crippen molar-refractivity contribution in [1.29, 1.82) is 0 Å². The van der Waals surface area contributed by atoms with Crippen molar-refractivity contribution >= 4 is 35.5 Å². The summed E-state index contributed by atoms with van der Waals surface area (Å²) in [4.78, 5) is 41.8. The zero-order valence-corrected chi connectivity index (χ0v) is 20.2.